The number of carboxylic acids is 1. The maximum atomic E-state index is 11.1. The summed E-state index contributed by atoms with van der Waals surface area (Å²) in [5, 5.41) is 9.39. The number of ketones is 1. The molecule has 0 spiro atoms. The van der Waals surface area contributed by atoms with Crippen LogP contribution in [0.4, 0.5) is 0 Å². The maximum absolute atomic E-state index is 11.1. The molecule has 0 atom stereocenters. The van der Waals surface area contributed by atoms with E-state index in [0.717, 1.165) is 0 Å². The number of Topliss-reactive ketones (excluding diaryl/α,β-unsaturated/α-hetero) is 1. The first-order chi connectivity index (χ1) is 9.47. The summed E-state index contributed by atoms with van der Waals surface area (Å²) in [6.45, 7) is 1.41. The van der Waals surface area contributed by atoms with Crippen molar-refractivity contribution >= 4 is 23.4 Å². The minimum absolute atomic E-state index is 0.0480. The molecule has 1 heterocycles. The summed E-state index contributed by atoms with van der Waals surface area (Å²) in [5.74, 6) is -0.816. The SMILES string of the molecule is CC(=O)c1ccc(Oc2ccc(Cl)cc2C(=O)O)cn1. The highest BCUT2D eigenvalue weighted by Crippen LogP contribution is 2.27. The minimum Gasteiger partial charge on any atom is -0.478 e. The van der Waals surface area contributed by atoms with Crippen molar-refractivity contribution in [1.29, 1.82) is 0 Å². The van der Waals surface area contributed by atoms with Crippen LogP contribution < -0.4 is 4.74 Å². The van der Waals surface area contributed by atoms with Gasteiger partial charge in [-0.1, -0.05) is 11.6 Å². The Bertz CT molecular complexity index is 667. The molecule has 0 amide bonds. The van der Waals surface area contributed by atoms with E-state index in [2.05, 4.69) is 4.98 Å². The molecule has 1 N–H and O–H groups in total. The lowest BCUT2D eigenvalue weighted by molar-refractivity contribution is 0.0694. The summed E-state index contributed by atoms with van der Waals surface area (Å²) in [6, 6.07) is 7.35. The first-order valence-corrected chi connectivity index (χ1v) is 6.03. The van der Waals surface area contributed by atoms with Crippen molar-refractivity contribution in [2.45, 2.75) is 6.92 Å². The Morgan fingerprint density at radius 3 is 2.55 bits per heavy atom. The monoisotopic (exact) mass is 291 g/mol. The van der Waals surface area contributed by atoms with Crippen LogP contribution >= 0.6 is 11.6 Å². The fourth-order valence-electron chi connectivity index (χ4n) is 1.53. The molecule has 102 valence electrons. The highest BCUT2D eigenvalue weighted by molar-refractivity contribution is 6.31. The lowest BCUT2D eigenvalue weighted by Gasteiger charge is -2.09. The quantitative estimate of drug-likeness (QED) is 0.873. The zero-order valence-electron chi connectivity index (χ0n) is 10.5. The van der Waals surface area contributed by atoms with Gasteiger partial charge in [-0.3, -0.25) is 4.79 Å². The van der Waals surface area contributed by atoms with E-state index >= 15 is 0 Å². The summed E-state index contributed by atoms with van der Waals surface area (Å²) in [4.78, 5) is 26.1. The van der Waals surface area contributed by atoms with Gasteiger partial charge in [0, 0.05) is 11.9 Å². The Balaban J connectivity index is 2.30. The van der Waals surface area contributed by atoms with Gasteiger partial charge in [-0.15, -0.1) is 0 Å². The third-order valence-electron chi connectivity index (χ3n) is 2.50. The zero-order valence-corrected chi connectivity index (χ0v) is 11.2. The van der Waals surface area contributed by atoms with Gasteiger partial charge in [-0.05, 0) is 30.3 Å². The van der Waals surface area contributed by atoms with E-state index in [0.29, 0.717) is 16.5 Å². The average molecular weight is 292 g/mol. The number of aromatic nitrogens is 1. The normalized spacial score (nSPS) is 10.1. The van der Waals surface area contributed by atoms with Crippen LogP contribution in [0.15, 0.2) is 36.5 Å². The predicted octanol–water partition coefficient (Wildman–Crippen LogP) is 3.43. The van der Waals surface area contributed by atoms with Crippen molar-refractivity contribution in [3.8, 4) is 11.5 Å². The van der Waals surface area contributed by atoms with Gasteiger partial charge in [0.25, 0.3) is 0 Å². The number of halogens is 1. The molecule has 2 rings (SSSR count). The summed E-state index contributed by atoms with van der Waals surface area (Å²) < 4.78 is 5.45. The fourth-order valence-corrected chi connectivity index (χ4v) is 1.71. The van der Waals surface area contributed by atoms with E-state index in [9.17, 15) is 9.59 Å². The van der Waals surface area contributed by atoms with E-state index in [1.165, 1.54) is 37.4 Å². The van der Waals surface area contributed by atoms with Crippen molar-refractivity contribution in [1.82, 2.24) is 4.98 Å². The second kappa shape index (κ2) is 5.71. The first kappa shape index (κ1) is 14.0. The smallest absolute Gasteiger partial charge is 0.339 e. The molecule has 0 aliphatic rings. The highest BCUT2D eigenvalue weighted by atomic mass is 35.5. The molecule has 1 aromatic heterocycles. The van der Waals surface area contributed by atoms with Crippen molar-refractivity contribution in [3.05, 3.63) is 52.8 Å². The van der Waals surface area contributed by atoms with Crippen molar-refractivity contribution < 1.29 is 19.4 Å². The molecule has 0 unspecified atom stereocenters. The molecule has 20 heavy (non-hydrogen) atoms. The van der Waals surface area contributed by atoms with E-state index in [-0.39, 0.29) is 17.1 Å². The summed E-state index contributed by atoms with van der Waals surface area (Å²) in [7, 11) is 0. The second-order valence-corrected chi connectivity index (χ2v) is 4.42. The van der Waals surface area contributed by atoms with E-state index in [1.54, 1.807) is 6.07 Å². The molecule has 0 radical (unpaired) electrons. The van der Waals surface area contributed by atoms with Gasteiger partial charge in [-0.25, -0.2) is 9.78 Å². The average Bonchev–Trinajstić information content (AvgIpc) is 2.41. The van der Waals surface area contributed by atoms with Crippen molar-refractivity contribution in [2.24, 2.45) is 0 Å². The minimum atomic E-state index is -1.14. The molecule has 0 bridgehead atoms. The molecule has 0 saturated heterocycles. The number of nitrogens with zero attached hydrogens (tertiary/aromatic N) is 1. The molecular weight excluding hydrogens is 282 g/mol. The maximum Gasteiger partial charge on any atom is 0.339 e. The topological polar surface area (TPSA) is 76.5 Å². The molecule has 0 fully saturated rings. The van der Waals surface area contributed by atoms with Gasteiger partial charge in [0.15, 0.2) is 5.78 Å². The predicted molar refractivity (Wildman–Crippen MR) is 72.7 cm³/mol. The lowest BCUT2D eigenvalue weighted by atomic mass is 10.2. The number of hydrogen-bond acceptors (Lipinski definition) is 4. The van der Waals surface area contributed by atoms with Crippen LogP contribution in [-0.2, 0) is 0 Å². The standard InChI is InChI=1S/C14H10ClNO4/c1-8(17)12-4-3-10(7-16-12)20-13-5-2-9(15)6-11(13)14(18)19/h2-7H,1H3,(H,18,19). The van der Waals surface area contributed by atoms with E-state index in [4.69, 9.17) is 21.4 Å². The third kappa shape index (κ3) is 3.13. The molecular formula is C14H10ClNO4. The number of carbonyl (C=O) groups excluding carboxylic acids is 1. The van der Waals surface area contributed by atoms with E-state index in [1.807, 2.05) is 0 Å². The van der Waals surface area contributed by atoms with Gasteiger partial charge in [0.2, 0.25) is 0 Å². The Morgan fingerprint density at radius 2 is 2.00 bits per heavy atom. The van der Waals surface area contributed by atoms with Crippen LogP contribution in [0.2, 0.25) is 5.02 Å². The Morgan fingerprint density at radius 1 is 1.25 bits per heavy atom. The number of benzene rings is 1. The van der Waals surface area contributed by atoms with Gasteiger partial charge in [-0.2, -0.15) is 0 Å². The van der Waals surface area contributed by atoms with Gasteiger partial charge in [0.1, 0.15) is 22.8 Å². The largest absolute Gasteiger partial charge is 0.478 e. The van der Waals surface area contributed by atoms with E-state index < -0.39 is 5.97 Å². The Kier molecular flexibility index (Phi) is 4.00. The number of carboxylic acid groups (broad SMARTS) is 1. The summed E-state index contributed by atoms with van der Waals surface area (Å²) in [6.07, 6.45) is 1.36. The third-order valence-corrected chi connectivity index (χ3v) is 2.73. The lowest BCUT2D eigenvalue weighted by Crippen LogP contribution is -2.01. The van der Waals surface area contributed by atoms with Crippen molar-refractivity contribution in [2.75, 3.05) is 0 Å². The molecule has 5 nitrogen and oxygen atoms in total. The number of pyridine rings is 1. The van der Waals surface area contributed by atoms with Gasteiger partial charge < -0.3 is 9.84 Å². The molecule has 2 aromatic rings. The molecule has 6 heteroatoms. The summed E-state index contributed by atoms with van der Waals surface area (Å²) >= 11 is 5.75. The van der Waals surface area contributed by atoms with Crippen LogP contribution in [0.1, 0.15) is 27.8 Å². The van der Waals surface area contributed by atoms with Gasteiger partial charge in [0.05, 0.1) is 6.20 Å². The molecule has 1 aromatic carbocycles. The molecule has 0 saturated carbocycles. The molecule has 0 aliphatic carbocycles. The number of hydrogen-bond donors (Lipinski definition) is 1. The number of rotatable bonds is 4. The molecule has 0 aliphatic heterocycles. The Labute approximate surface area is 119 Å². The number of carbonyl (C=O) groups is 2. The fraction of sp³-hybridized carbons (Fsp3) is 0.0714. The van der Waals surface area contributed by atoms with Crippen LogP contribution in [0.25, 0.3) is 0 Å². The van der Waals surface area contributed by atoms with Crippen LogP contribution in [0.5, 0.6) is 11.5 Å². The first-order valence-electron chi connectivity index (χ1n) is 5.65. The number of aromatic carboxylic acids is 1. The van der Waals surface area contributed by atoms with Gasteiger partial charge >= 0.3 is 5.97 Å². The van der Waals surface area contributed by atoms with Crippen LogP contribution in [0, 0.1) is 0 Å². The second-order valence-electron chi connectivity index (χ2n) is 3.98. The highest BCUT2D eigenvalue weighted by Gasteiger charge is 2.13. The summed E-state index contributed by atoms with van der Waals surface area (Å²) in [5.41, 5.74) is 0.264. The van der Waals surface area contributed by atoms with Crippen molar-refractivity contribution in [3.63, 3.8) is 0 Å². The zero-order chi connectivity index (χ0) is 14.7. The van der Waals surface area contributed by atoms with Crippen LogP contribution in [0.3, 0.4) is 0 Å². The number of ether oxygens (including phenoxy) is 1. The Hall–Kier alpha value is -2.40. The van der Waals surface area contributed by atoms with Crippen LogP contribution in [-0.4, -0.2) is 21.8 Å².